The Morgan fingerprint density at radius 2 is 2.36 bits per heavy atom. The van der Waals surface area contributed by atoms with Crippen molar-refractivity contribution < 1.29 is 5.11 Å². The SMILES string of the molecule is Cc1ncn2cc(C(N)CO)ccc12. The van der Waals surface area contributed by atoms with Gasteiger partial charge in [0.05, 0.1) is 30.2 Å². The third-order valence-corrected chi connectivity index (χ3v) is 2.37. The lowest BCUT2D eigenvalue weighted by atomic mass is 10.1. The van der Waals surface area contributed by atoms with Gasteiger partial charge in [-0.15, -0.1) is 0 Å². The molecule has 2 aromatic heterocycles. The first kappa shape index (κ1) is 9.18. The van der Waals surface area contributed by atoms with Crippen LogP contribution in [0, 0.1) is 6.92 Å². The van der Waals surface area contributed by atoms with Crippen molar-refractivity contribution >= 4 is 5.52 Å². The van der Waals surface area contributed by atoms with Gasteiger partial charge < -0.3 is 15.2 Å². The van der Waals surface area contributed by atoms with Crippen molar-refractivity contribution in [1.29, 1.82) is 0 Å². The van der Waals surface area contributed by atoms with Gasteiger partial charge in [-0.2, -0.15) is 0 Å². The van der Waals surface area contributed by atoms with E-state index in [4.69, 9.17) is 10.8 Å². The summed E-state index contributed by atoms with van der Waals surface area (Å²) in [6.07, 6.45) is 3.65. The number of aliphatic hydroxyl groups excluding tert-OH is 1. The van der Waals surface area contributed by atoms with Gasteiger partial charge in [-0.05, 0) is 18.6 Å². The topological polar surface area (TPSA) is 63.5 Å². The van der Waals surface area contributed by atoms with E-state index in [1.54, 1.807) is 6.33 Å². The standard InChI is InChI=1S/C10H13N3O/c1-7-10-3-2-8(9(11)5-14)4-13(10)6-12-7/h2-4,6,9,14H,5,11H2,1H3. The number of aliphatic hydroxyl groups is 1. The number of nitrogens with zero attached hydrogens (tertiary/aromatic N) is 2. The minimum absolute atomic E-state index is 0.0425. The van der Waals surface area contributed by atoms with Crippen molar-refractivity contribution in [2.24, 2.45) is 5.73 Å². The zero-order chi connectivity index (χ0) is 10.1. The molecule has 14 heavy (non-hydrogen) atoms. The molecule has 0 fully saturated rings. The summed E-state index contributed by atoms with van der Waals surface area (Å²) < 4.78 is 1.92. The fourth-order valence-corrected chi connectivity index (χ4v) is 1.48. The summed E-state index contributed by atoms with van der Waals surface area (Å²) in [6, 6.07) is 3.57. The highest BCUT2D eigenvalue weighted by Crippen LogP contribution is 2.14. The molecule has 0 bridgehead atoms. The van der Waals surface area contributed by atoms with E-state index in [-0.39, 0.29) is 12.6 Å². The van der Waals surface area contributed by atoms with Gasteiger partial charge in [-0.1, -0.05) is 6.07 Å². The predicted octanol–water partition coefficient (Wildman–Crippen LogP) is 0.635. The maximum Gasteiger partial charge on any atom is 0.0995 e. The molecule has 1 atom stereocenters. The van der Waals surface area contributed by atoms with Gasteiger partial charge in [0.25, 0.3) is 0 Å². The van der Waals surface area contributed by atoms with Gasteiger partial charge in [-0.25, -0.2) is 4.98 Å². The minimum Gasteiger partial charge on any atom is -0.394 e. The lowest BCUT2D eigenvalue weighted by Gasteiger charge is -2.08. The lowest BCUT2D eigenvalue weighted by molar-refractivity contribution is 0.268. The Bertz CT molecular complexity index is 450. The van der Waals surface area contributed by atoms with Crippen LogP contribution < -0.4 is 5.73 Å². The van der Waals surface area contributed by atoms with Crippen molar-refractivity contribution in [1.82, 2.24) is 9.38 Å². The lowest BCUT2D eigenvalue weighted by Crippen LogP contribution is -2.14. The Morgan fingerprint density at radius 1 is 1.57 bits per heavy atom. The molecule has 2 rings (SSSR count). The van der Waals surface area contributed by atoms with E-state index >= 15 is 0 Å². The Kier molecular flexibility index (Phi) is 2.23. The van der Waals surface area contributed by atoms with Crippen LogP contribution in [0.3, 0.4) is 0 Å². The van der Waals surface area contributed by atoms with Gasteiger partial charge in [0, 0.05) is 6.20 Å². The summed E-state index contributed by atoms with van der Waals surface area (Å²) in [5, 5.41) is 8.92. The zero-order valence-corrected chi connectivity index (χ0v) is 8.01. The Balaban J connectivity index is 2.52. The number of hydrogen-bond acceptors (Lipinski definition) is 3. The van der Waals surface area contributed by atoms with Crippen LogP contribution in [0.25, 0.3) is 5.52 Å². The molecule has 0 saturated carbocycles. The summed E-state index contributed by atoms with van der Waals surface area (Å²) in [5.41, 5.74) is 8.69. The first-order valence-electron chi connectivity index (χ1n) is 4.52. The average Bonchev–Trinajstić information content (AvgIpc) is 2.59. The highest BCUT2D eigenvalue weighted by atomic mass is 16.3. The molecule has 3 N–H and O–H groups in total. The van der Waals surface area contributed by atoms with E-state index in [9.17, 15) is 0 Å². The smallest absolute Gasteiger partial charge is 0.0995 e. The van der Waals surface area contributed by atoms with Crippen molar-refractivity contribution in [2.45, 2.75) is 13.0 Å². The molecule has 0 saturated heterocycles. The van der Waals surface area contributed by atoms with Crippen LogP contribution >= 0.6 is 0 Å². The van der Waals surface area contributed by atoms with Crippen molar-refractivity contribution in [3.8, 4) is 0 Å². The minimum atomic E-state index is -0.317. The second-order valence-corrected chi connectivity index (χ2v) is 3.37. The van der Waals surface area contributed by atoms with Crippen LogP contribution in [-0.4, -0.2) is 21.1 Å². The molecule has 4 heteroatoms. The monoisotopic (exact) mass is 191 g/mol. The van der Waals surface area contributed by atoms with Gasteiger partial charge in [0.1, 0.15) is 0 Å². The molecule has 0 aliphatic carbocycles. The Hall–Kier alpha value is -1.39. The number of imidazole rings is 1. The summed E-state index contributed by atoms with van der Waals surface area (Å²) >= 11 is 0. The number of fused-ring (bicyclic) bond motifs is 1. The van der Waals surface area contributed by atoms with Gasteiger partial charge in [0.2, 0.25) is 0 Å². The quantitative estimate of drug-likeness (QED) is 0.732. The number of aryl methyl sites for hydroxylation is 1. The fourth-order valence-electron chi connectivity index (χ4n) is 1.48. The molecule has 0 aliphatic heterocycles. The molecule has 0 radical (unpaired) electrons. The van der Waals surface area contributed by atoms with Crippen LogP contribution in [0.5, 0.6) is 0 Å². The summed E-state index contributed by atoms with van der Waals surface area (Å²) in [5.74, 6) is 0. The fraction of sp³-hybridized carbons (Fsp3) is 0.300. The van der Waals surface area contributed by atoms with Crippen LogP contribution in [-0.2, 0) is 0 Å². The molecular formula is C10H13N3O. The first-order chi connectivity index (χ1) is 6.72. The van der Waals surface area contributed by atoms with E-state index in [1.807, 2.05) is 29.7 Å². The number of pyridine rings is 1. The second-order valence-electron chi connectivity index (χ2n) is 3.37. The molecule has 2 aromatic rings. The van der Waals surface area contributed by atoms with Gasteiger partial charge in [-0.3, -0.25) is 0 Å². The molecule has 0 amide bonds. The zero-order valence-electron chi connectivity index (χ0n) is 8.01. The van der Waals surface area contributed by atoms with Crippen LogP contribution in [0.15, 0.2) is 24.7 Å². The first-order valence-corrected chi connectivity index (χ1v) is 4.52. The van der Waals surface area contributed by atoms with Crippen LogP contribution in [0.2, 0.25) is 0 Å². The molecule has 74 valence electrons. The second kappa shape index (κ2) is 3.40. The van der Waals surface area contributed by atoms with Crippen LogP contribution in [0.4, 0.5) is 0 Å². The molecule has 4 nitrogen and oxygen atoms in total. The highest BCUT2D eigenvalue weighted by molar-refractivity contribution is 5.52. The average molecular weight is 191 g/mol. The van der Waals surface area contributed by atoms with Crippen molar-refractivity contribution in [3.05, 3.63) is 35.9 Å². The van der Waals surface area contributed by atoms with E-state index < -0.39 is 0 Å². The largest absolute Gasteiger partial charge is 0.394 e. The number of hydrogen-bond donors (Lipinski definition) is 2. The third kappa shape index (κ3) is 1.38. The normalized spacial score (nSPS) is 13.4. The van der Waals surface area contributed by atoms with Gasteiger partial charge >= 0.3 is 0 Å². The van der Waals surface area contributed by atoms with E-state index in [0.717, 1.165) is 16.8 Å². The molecule has 1 unspecified atom stereocenters. The van der Waals surface area contributed by atoms with E-state index in [0.29, 0.717) is 0 Å². The van der Waals surface area contributed by atoms with Crippen molar-refractivity contribution in [2.75, 3.05) is 6.61 Å². The Labute approximate surface area is 82.0 Å². The third-order valence-electron chi connectivity index (χ3n) is 2.37. The highest BCUT2D eigenvalue weighted by Gasteiger charge is 2.06. The molecular weight excluding hydrogens is 178 g/mol. The van der Waals surface area contributed by atoms with E-state index in [1.165, 1.54) is 0 Å². The summed E-state index contributed by atoms with van der Waals surface area (Å²) in [4.78, 5) is 4.18. The molecule has 0 aromatic carbocycles. The van der Waals surface area contributed by atoms with Crippen molar-refractivity contribution in [3.63, 3.8) is 0 Å². The molecule has 0 spiro atoms. The molecule has 0 aliphatic rings. The summed E-state index contributed by atoms with van der Waals surface area (Å²) in [6.45, 7) is 1.92. The Morgan fingerprint density at radius 3 is 3.07 bits per heavy atom. The molecule has 2 heterocycles. The number of rotatable bonds is 2. The van der Waals surface area contributed by atoms with Crippen LogP contribution in [0.1, 0.15) is 17.3 Å². The number of nitrogens with two attached hydrogens (primary N) is 1. The van der Waals surface area contributed by atoms with Gasteiger partial charge in [0.15, 0.2) is 0 Å². The number of aromatic nitrogens is 2. The summed E-state index contributed by atoms with van der Waals surface area (Å²) in [7, 11) is 0. The maximum atomic E-state index is 8.92. The maximum absolute atomic E-state index is 8.92. The predicted molar refractivity (Wildman–Crippen MR) is 53.9 cm³/mol. The van der Waals surface area contributed by atoms with E-state index in [2.05, 4.69) is 4.98 Å².